The molecular formula is C26H40BrNO2. The van der Waals surface area contributed by atoms with Gasteiger partial charge in [-0.05, 0) is 105 Å². The van der Waals surface area contributed by atoms with E-state index in [4.69, 9.17) is 4.84 Å². The highest BCUT2D eigenvalue weighted by molar-refractivity contribution is 9.09. The van der Waals surface area contributed by atoms with E-state index < -0.39 is 0 Å². The smallest absolute Gasteiger partial charge is 0.117 e. The van der Waals surface area contributed by atoms with Crippen molar-refractivity contribution in [1.29, 1.82) is 0 Å². The number of hydrogen-bond acceptors (Lipinski definition) is 3. The summed E-state index contributed by atoms with van der Waals surface area (Å²) in [5.74, 6) is 2.26. The van der Waals surface area contributed by atoms with Crippen LogP contribution in [0.4, 0.5) is 0 Å². The SMILES string of the molecule is CC(=NOCCCCCBr)C1=CC[C@H]2[C@@H]3CC=C4C[C@@H](O)CC[C@]4(C)[C@H]3CC[C@]12C. The van der Waals surface area contributed by atoms with Crippen LogP contribution >= 0.6 is 15.9 Å². The Morgan fingerprint density at radius 1 is 1.10 bits per heavy atom. The first-order valence-electron chi connectivity index (χ1n) is 12.2. The van der Waals surface area contributed by atoms with Crippen LogP contribution in [0.3, 0.4) is 0 Å². The molecular weight excluding hydrogens is 438 g/mol. The monoisotopic (exact) mass is 477 g/mol. The summed E-state index contributed by atoms with van der Waals surface area (Å²) in [6.07, 6.45) is 16.3. The quantitative estimate of drug-likeness (QED) is 0.144. The Balaban J connectivity index is 1.44. The van der Waals surface area contributed by atoms with Crippen molar-refractivity contribution >= 4 is 21.6 Å². The molecule has 168 valence electrons. The number of aliphatic hydroxyl groups excluding tert-OH is 1. The molecule has 4 rings (SSSR count). The van der Waals surface area contributed by atoms with E-state index in [0.29, 0.717) is 5.41 Å². The third-order valence-corrected chi connectivity index (χ3v) is 9.68. The zero-order valence-electron chi connectivity index (χ0n) is 19.1. The lowest BCUT2D eigenvalue weighted by Gasteiger charge is -2.57. The van der Waals surface area contributed by atoms with Crippen LogP contribution in [0.25, 0.3) is 0 Å². The second-order valence-corrected chi connectivity index (χ2v) is 11.5. The van der Waals surface area contributed by atoms with E-state index in [2.05, 4.69) is 54.0 Å². The molecule has 0 aliphatic heterocycles. The minimum Gasteiger partial charge on any atom is -0.396 e. The van der Waals surface area contributed by atoms with Crippen molar-refractivity contribution in [2.24, 2.45) is 33.7 Å². The first-order chi connectivity index (χ1) is 14.4. The molecule has 3 nitrogen and oxygen atoms in total. The maximum Gasteiger partial charge on any atom is 0.117 e. The summed E-state index contributed by atoms with van der Waals surface area (Å²) >= 11 is 3.48. The third kappa shape index (κ3) is 3.96. The number of fused-ring (bicyclic) bond motifs is 5. The van der Waals surface area contributed by atoms with Crippen molar-refractivity contribution in [2.45, 2.75) is 91.1 Å². The van der Waals surface area contributed by atoms with Crippen LogP contribution in [0.1, 0.15) is 85.0 Å². The highest BCUT2D eigenvalue weighted by Gasteiger charge is 2.56. The van der Waals surface area contributed by atoms with Gasteiger partial charge in [0.1, 0.15) is 6.61 Å². The summed E-state index contributed by atoms with van der Waals surface area (Å²) in [5.41, 5.74) is 4.66. The van der Waals surface area contributed by atoms with E-state index in [0.717, 1.165) is 61.1 Å². The summed E-state index contributed by atoms with van der Waals surface area (Å²) in [7, 11) is 0. The molecule has 0 saturated heterocycles. The predicted molar refractivity (Wildman–Crippen MR) is 128 cm³/mol. The molecule has 6 atom stereocenters. The standard InChI is InChI=1S/C26H40BrNO2/c1-18(28-30-16-6-4-5-15-27)22-9-10-23-21-8-7-19-17-20(29)11-13-25(19,2)24(21)12-14-26(22,23)3/h7,9,20-21,23-24,29H,4-6,8,10-17H2,1-3H3/t20-,21-,23-,24-,25-,26+/m0/s1. The lowest BCUT2D eigenvalue weighted by Crippen LogP contribution is -2.50. The molecule has 4 aliphatic carbocycles. The lowest BCUT2D eigenvalue weighted by atomic mass is 9.47. The maximum absolute atomic E-state index is 10.2. The van der Waals surface area contributed by atoms with Crippen LogP contribution in [0.5, 0.6) is 0 Å². The minimum absolute atomic E-state index is 0.118. The topological polar surface area (TPSA) is 41.8 Å². The highest BCUT2D eigenvalue weighted by atomic mass is 79.9. The van der Waals surface area contributed by atoms with E-state index >= 15 is 0 Å². The Morgan fingerprint density at radius 3 is 2.70 bits per heavy atom. The van der Waals surface area contributed by atoms with Crippen LogP contribution in [0.2, 0.25) is 0 Å². The van der Waals surface area contributed by atoms with Crippen LogP contribution < -0.4 is 0 Å². The zero-order chi connectivity index (χ0) is 21.4. The summed E-state index contributed by atoms with van der Waals surface area (Å²) in [6.45, 7) is 7.87. The molecule has 4 aliphatic rings. The van der Waals surface area contributed by atoms with Crippen LogP contribution in [-0.4, -0.2) is 28.9 Å². The third-order valence-electron chi connectivity index (χ3n) is 9.12. The number of allylic oxidation sites excluding steroid dienone is 3. The summed E-state index contributed by atoms with van der Waals surface area (Å²) in [5, 5.41) is 15.8. The fourth-order valence-electron chi connectivity index (χ4n) is 7.40. The molecule has 0 aromatic heterocycles. The van der Waals surface area contributed by atoms with Crippen molar-refractivity contribution in [2.75, 3.05) is 11.9 Å². The second-order valence-electron chi connectivity index (χ2n) is 10.7. The Labute approximate surface area is 191 Å². The molecule has 1 N–H and O–H groups in total. The Morgan fingerprint density at radius 2 is 1.90 bits per heavy atom. The average Bonchev–Trinajstić information content (AvgIpc) is 3.08. The van der Waals surface area contributed by atoms with Crippen molar-refractivity contribution in [3.63, 3.8) is 0 Å². The maximum atomic E-state index is 10.2. The summed E-state index contributed by atoms with van der Waals surface area (Å²) in [6, 6.07) is 0. The van der Waals surface area contributed by atoms with Gasteiger partial charge in [0.25, 0.3) is 0 Å². The number of rotatable bonds is 7. The van der Waals surface area contributed by atoms with E-state index in [1.165, 1.54) is 44.1 Å². The molecule has 0 amide bonds. The Bertz CT molecular complexity index is 729. The molecule has 0 heterocycles. The van der Waals surface area contributed by atoms with Crippen LogP contribution in [0, 0.1) is 28.6 Å². The molecule has 2 saturated carbocycles. The van der Waals surface area contributed by atoms with Gasteiger partial charge in [0.05, 0.1) is 11.8 Å². The van der Waals surface area contributed by atoms with Crippen molar-refractivity contribution in [1.82, 2.24) is 0 Å². The van der Waals surface area contributed by atoms with Gasteiger partial charge in [-0.2, -0.15) is 0 Å². The van der Waals surface area contributed by atoms with Crippen LogP contribution in [-0.2, 0) is 4.84 Å². The molecule has 4 heteroatoms. The molecule has 0 bridgehead atoms. The van der Waals surface area contributed by atoms with Gasteiger partial charge < -0.3 is 9.94 Å². The van der Waals surface area contributed by atoms with Gasteiger partial charge >= 0.3 is 0 Å². The zero-order valence-corrected chi connectivity index (χ0v) is 20.7. The fraction of sp³-hybridized carbons (Fsp3) is 0.808. The van der Waals surface area contributed by atoms with E-state index in [-0.39, 0.29) is 11.5 Å². The molecule has 0 aromatic rings. The van der Waals surface area contributed by atoms with Gasteiger partial charge in [-0.1, -0.05) is 52.7 Å². The Kier molecular flexibility index (Phi) is 6.85. The number of alkyl halides is 1. The number of nitrogens with zero attached hydrogens (tertiary/aromatic N) is 1. The van der Waals surface area contributed by atoms with E-state index in [9.17, 15) is 5.11 Å². The Hall–Kier alpha value is -0.610. The van der Waals surface area contributed by atoms with Crippen molar-refractivity contribution in [3.05, 3.63) is 23.3 Å². The summed E-state index contributed by atoms with van der Waals surface area (Å²) < 4.78 is 0. The van der Waals surface area contributed by atoms with Gasteiger partial charge in [-0.25, -0.2) is 0 Å². The molecule has 30 heavy (non-hydrogen) atoms. The highest BCUT2D eigenvalue weighted by Crippen LogP contribution is 2.65. The first-order valence-corrected chi connectivity index (χ1v) is 13.3. The summed E-state index contributed by atoms with van der Waals surface area (Å²) in [4.78, 5) is 5.68. The van der Waals surface area contributed by atoms with E-state index in [1.807, 2.05) is 0 Å². The lowest BCUT2D eigenvalue weighted by molar-refractivity contribution is -0.0280. The van der Waals surface area contributed by atoms with Gasteiger partial charge in [0.15, 0.2) is 0 Å². The molecule has 2 fully saturated rings. The second kappa shape index (κ2) is 9.10. The average molecular weight is 479 g/mol. The number of unbranched alkanes of at least 4 members (excludes halogenated alkanes) is 2. The van der Waals surface area contributed by atoms with E-state index in [1.54, 1.807) is 5.57 Å². The number of halogens is 1. The molecule has 0 unspecified atom stereocenters. The normalized spacial score (nSPS) is 40.8. The molecule has 0 aromatic carbocycles. The van der Waals surface area contributed by atoms with Crippen molar-refractivity contribution < 1.29 is 9.94 Å². The fourth-order valence-corrected chi connectivity index (χ4v) is 7.80. The number of hydrogen-bond donors (Lipinski definition) is 1. The predicted octanol–water partition coefficient (Wildman–Crippen LogP) is 6.80. The molecule has 0 radical (unpaired) electrons. The minimum atomic E-state index is -0.118. The first kappa shape index (κ1) is 22.6. The number of aliphatic hydroxyl groups is 1. The molecule has 0 spiro atoms. The van der Waals surface area contributed by atoms with Gasteiger partial charge in [0.2, 0.25) is 0 Å². The van der Waals surface area contributed by atoms with Gasteiger partial charge in [-0.15, -0.1) is 0 Å². The van der Waals surface area contributed by atoms with Crippen molar-refractivity contribution in [3.8, 4) is 0 Å². The largest absolute Gasteiger partial charge is 0.396 e. The van der Waals surface area contributed by atoms with Gasteiger partial charge in [0, 0.05) is 5.33 Å². The van der Waals surface area contributed by atoms with Gasteiger partial charge in [-0.3, -0.25) is 0 Å². The van der Waals surface area contributed by atoms with Crippen LogP contribution in [0.15, 0.2) is 28.5 Å². The number of oxime groups is 1.